The lowest BCUT2D eigenvalue weighted by Gasteiger charge is -2.09. The zero-order valence-corrected chi connectivity index (χ0v) is 13.1. The average molecular weight is 320 g/mol. The summed E-state index contributed by atoms with van der Waals surface area (Å²) < 4.78 is 27.8. The molecule has 0 radical (unpaired) electrons. The van der Waals surface area contributed by atoms with Gasteiger partial charge in [-0.15, -0.1) is 0 Å². The van der Waals surface area contributed by atoms with Gasteiger partial charge in [0.1, 0.15) is 10.6 Å². The number of carbonyl (C=O) groups is 1. The Hall–Kier alpha value is -1.27. The number of amides is 1. The van der Waals surface area contributed by atoms with E-state index in [1.807, 2.05) is 6.92 Å². The molecule has 0 saturated heterocycles. The van der Waals surface area contributed by atoms with Crippen molar-refractivity contribution < 1.29 is 17.9 Å². The van der Waals surface area contributed by atoms with Crippen LogP contribution in [0.2, 0.25) is 0 Å². The lowest BCUT2D eigenvalue weighted by molar-refractivity contribution is -0.120. The maximum atomic E-state index is 11.7. The first-order valence-electron chi connectivity index (χ1n) is 6.26. The van der Waals surface area contributed by atoms with E-state index in [1.165, 1.54) is 19.2 Å². The van der Waals surface area contributed by atoms with Gasteiger partial charge in [-0.25, -0.2) is 8.42 Å². The van der Waals surface area contributed by atoms with E-state index >= 15 is 0 Å². The molecule has 0 atom stereocenters. The number of unbranched alkanes of at least 4 members (excludes halogenated alkanes) is 1. The molecular formula is C13H18ClNO4S. The van der Waals surface area contributed by atoms with Crippen molar-refractivity contribution in [2.45, 2.75) is 31.1 Å². The van der Waals surface area contributed by atoms with E-state index in [2.05, 4.69) is 5.32 Å². The third kappa shape index (κ3) is 5.02. The highest BCUT2D eigenvalue weighted by atomic mass is 35.7. The van der Waals surface area contributed by atoms with Gasteiger partial charge in [-0.1, -0.05) is 19.4 Å². The molecule has 0 saturated carbocycles. The molecule has 7 heteroatoms. The van der Waals surface area contributed by atoms with Crippen molar-refractivity contribution in [3.8, 4) is 5.75 Å². The summed E-state index contributed by atoms with van der Waals surface area (Å²) in [5.74, 6) is 0.0108. The number of benzene rings is 1. The molecule has 0 unspecified atom stereocenters. The SMILES string of the molecule is CCCCNC(=O)Cc1ccc(OC)c(S(=O)(=O)Cl)c1. The summed E-state index contributed by atoms with van der Waals surface area (Å²) >= 11 is 0. The fourth-order valence-electron chi connectivity index (χ4n) is 1.67. The minimum Gasteiger partial charge on any atom is -0.495 e. The van der Waals surface area contributed by atoms with Gasteiger partial charge in [0, 0.05) is 17.2 Å². The van der Waals surface area contributed by atoms with Crippen molar-refractivity contribution in [3.63, 3.8) is 0 Å². The molecule has 0 spiro atoms. The maximum absolute atomic E-state index is 11.7. The maximum Gasteiger partial charge on any atom is 0.264 e. The zero-order chi connectivity index (χ0) is 15.2. The van der Waals surface area contributed by atoms with Crippen molar-refractivity contribution in [1.29, 1.82) is 0 Å². The van der Waals surface area contributed by atoms with Crippen LogP contribution in [0.3, 0.4) is 0 Å². The van der Waals surface area contributed by atoms with Crippen LogP contribution in [-0.2, 0) is 20.3 Å². The predicted octanol–water partition coefficient (Wildman–Crippen LogP) is 2.08. The first kappa shape index (κ1) is 16.8. The van der Waals surface area contributed by atoms with E-state index in [9.17, 15) is 13.2 Å². The Balaban J connectivity index is 2.85. The number of halogens is 1. The summed E-state index contributed by atoms with van der Waals surface area (Å²) in [6.45, 7) is 2.65. The lowest BCUT2D eigenvalue weighted by Crippen LogP contribution is -2.26. The molecule has 1 aromatic rings. The van der Waals surface area contributed by atoms with Crippen LogP contribution in [0, 0.1) is 0 Å². The minimum absolute atomic E-state index is 0.104. The van der Waals surface area contributed by atoms with E-state index < -0.39 is 9.05 Å². The second-order valence-electron chi connectivity index (χ2n) is 4.30. The molecule has 0 fully saturated rings. The van der Waals surface area contributed by atoms with Gasteiger partial charge in [0.2, 0.25) is 5.91 Å². The van der Waals surface area contributed by atoms with Crippen molar-refractivity contribution in [1.82, 2.24) is 5.32 Å². The summed E-state index contributed by atoms with van der Waals surface area (Å²) in [5.41, 5.74) is 0.569. The quantitative estimate of drug-likeness (QED) is 0.617. The number of nitrogens with one attached hydrogen (secondary N) is 1. The zero-order valence-electron chi connectivity index (χ0n) is 11.5. The Morgan fingerprint density at radius 2 is 2.10 bits per heavy atom. The number of hydrogen-bond acceptors (Lipinski definition) is 4. The topological polar surface area (TPSA) is 72.5 Å². The van der Waals surface area contributed by atoms with E-state index in [-0.39, 0.29) is 23.0 Å². The fraction of sp³-hybridized carbons (Fsp3) is 0.462. The molecule has 0 aliphatic heterocycles. The van der Waals surface area contributed by atoms with E-state index in [0.29, 0.717) is 12.1 Å². The fourth-order valence-corrected chi connectivity index (χ4v) is 2.72. The van der Waals surface area contributed by atoms with Crippen LogP contribution in [0.4, 0.5) is 0 Å². The van der Waals surface area contributed by atoms with Gasteiger partial charge in [0.15, 0.2) is 0 Å². The normalized spacial score (nSPS) is 11.2. The number of carbonyl (C=O) groups excluding carboxylic acids is 1. The number of methoxy groups -OCH3 is 1. The number of ether oxygens (including phenoxy) is 1. The van der Waals surface area contributed by atoms with Crippen molar-refractivity contribution >= 4 is 25.6 Å². The molecule has 20 heavy (non-hydrogen) atoms. The molecule has 0 bridgehead atoms. The molecule has 1 amide bonds. The number of hydrogen-bond donors (Lipinski definition) is 1. The highest BCUT2D eigenvalue weighted by Gasteiger charge is 2.18. The Kier molecular flexibility index (Phi) is 6.29. The molecule has 0 aromatic heterocycles. The van der Waals surface area contributed by atoms with Crippen molar-refractivity contribution in [3.05, 3.63) is 23.8 Å². The molecule has 0 aliphatic rings. The second-order valence-corrected chi connectivity index (χ2v) is 6.84. The summed E-state index contributed by atoms with van der Waals surface area (Å²) in [6.07, 6.45) is 2.01. The van der Waals surface area contributed by atoms with Crippen molar-refractivity contribution in [2.75, 3.05) is 13.7 Å². The number of rotatable bonds is 7. The van der Waals surface area contributed by atoms with E-state index in [1.54, 1.807) is 6.07 Å². The Morgan fingerprint density at radius 1 is 1.40 bits per heavy atom. The van der Waals surface area contributed by atoms with Gasteiger partial charge >= 0.3 is 0 Å². The van der Waals surface area contributed by atoms with E-state index in [0.717, 1.165) is 12.8 Å². The summed E-state index contributed by atoms with van der Waals surface area (Å²) in [5, 5.41) is 2.77. The van der Waals surface area contributed by atoms with Gasteiger partial charge in [-0.2, -0.15) is 0 Å². The molecule has 0 heterocycles. The summed E-state index contributed by atoms with van der Waals surface area (Å²) in [7, 11) is 2.79. The first-order chi connectivity index (χ1) is 9.38. The predicted molar refractivity (Wildman–Crippen MR) is 77.7 cm³/mol. The summed E-state index contributed by atoms with van der Waals surface area (Å²) in [6, 6.07) is 4.49. The standard InChI is InChI=1S/C13H18ClNO4S/c1-3-4-7-15-13(16)9-10-5-6-11(19-2)12(8-10)20(14,17)18/h5-6,8H,3-4,7,9H2,1-2H3,(H,15,16). The monoisotopic (exact) mass is 319 g/mol. The van der Waals surface area contributed by atoms with Gasteiger partial charge in [0.25, 0.3) is 9.05 Å². The van der Waals surface area contributed by atoms with Crippen LogP contribution in [0.1, 0.15) is 25.3 Å². The van der Waals surface area contributed by atoms with Crippen LogP contribution in [0.15, 0.2) is 23.1 Å². The van der Waals surface area contributed by atoms with Gasteiger partial charge in [0.05, 0.1) is 13.5 Å². The van der Waals surface area contributed by atoms with Gasteiger partial charge in [-0.05, 0) is 24.1 Å². The smallest absolute Gasteiger partial charge is 0.264 e. The second kappa shape index (κ2) is 7.50. The van der Waals surface area contributed by atoms with E-state index in [4.69, 9.17) is 15.4 Å². The third-order valence-corrected chi connectivity index (χ3v) is 4.05. The Morgan fingerprint density at radius 3 is 2.65 bits per heavy atom. The highest BCUT2D eigenvalue weighted by Crippen LogP contribution is 2.27. The molecule has 5 nitrogen and oxygen atoms in total. The van der Waals surface area contributed by atoms with Gasteiger partial charge < -0.3 is 10.1 Å². The molecule has 112 valence electrons. The van der Waals surface area contributed by atoms with Crippen LogP contribution >= 0.6 is 10.7 Å². The van der Waals surface area contributed by atoms with Crippen LogP contribution < -0.4 is 10.1 Å². The van der Waals surface area contributed by atoms with Crippen LogP contribution in [-0.4, -0.2) is 28.0 Å². The van der Waals surface area contributed by atoms with Gasteiger partial charge in [-0.3, -0.25) is 4.79 Å². The minimum atomic E-state index is -3.91. The molecule has 1 rings (SSSR count). The Bertz CT molecular complexity index is 572. The third-order valence-electron chi connectivity index (χ3n) is 2.71. The molecule has 1 aromatic carbocycles. The van der Waals surface area contributed by atoms with Crippen LogP contribution in [0.5, 0.6) is 5.75 Å². The average Bonchev–Trinajstić information content (AvgIpc) is 2.38. The summed E-state index contributed by atoms with van der Waals surface area (Å²) in [4.78, 5) is 11.6. The molecule has 1 N–H and O–H groups in total. The largest absolute Gasteiger partial charge is 0.495 e. The molecular weight excluding hydrogens is 302 g/mol. The molecule has 0 aliphatic carbocycles. The highest BCUT2D eigenvalue weighted by molar-refractivity contribution is 8.13. The Labute approximate surface area is 123 Å². The van der Waals surface area contributed by atoms with Crippen LogP contribution in [0.25, 0.3) is 0 Å². The van der Waals surface area contributed by atoms with Crippen molar-refractivity contribution in [2.24, 2.45) is 0 Å². The first-order valence-corrected chi connectivity index (χ1v) is 8.57. The lowest BCUT2D eigenvalue weighted by atomic mass is 10.1.